The van der Waals surface area contributed by atoms with E-state index < -0.39 is 0 Å². The van der Waals surface area contributed by atoms with Gasteiger partial charge in [0.05, 0.1) is 12.1 Å². The molecule has 1 aliphatic heterocycles. The minimum Gasteiger partial charge on any atom is -0.486 e. The van der Waals surface area contributed by atoms with Gasteiger partial charge < -0.3 is 20.1 Å². The zero-order valence-corrected chi connectivity index (χ0v) is 11.0. The lowest BCUT2D eigenvalue weighted by atomic mass is 10.1. The number of fused-ring (bicyclic) bond motifs is 1. The predicted octanol–water partition coefficient (Wildman–Crippen LogP) is 0.466. The van der Waals surface area contributed by atoms with Crippen LogP contribution in [0, 0.1) is 0 Å². The van der Waals surface area contributed by atoms with E-state index in [9.17, 15) is 9.59 Å². The van der Waals surface area contributed by atoms with Crippen LogP contribution in [0.3, 0.4) is 0 Å². The number of ether oxygens (including phenoxy) is 2. The zero-order valence-electron chi connectivity index (χ0n) is 11.0. The lowest BCUT2D eigenvalue weighted by molar-refractivity contribution is -0.120. The molecule has 1 aromatic rings. The van der Waals surface area contributed by atoms with Crippen molar-refractivity contribution in [2.75, 3.05) is 19.8 Å². The van der Waals surface area contributed by atoms with Gasteiger partial charge in [0, 0.05) is 6.04 Å². The maximum atomic E-state index is 12.1. The number of carbonyl (C=O) groups is 2. The van der Waals surface area contributed by atoms with Crippen LogP contribution in [0.5, 0.6) is 11.5 Å². The van der Waals surface area contributed by atoms with Crippen LogP contribution in [0.15, 0.2) is 18.2 Å². The molecular formula is C14H16N2O4. The van der Waals surface area contributed by atoms with Gasteiger partial charge in [-0.1, -0.05) is 6.07 Å². The molecule has 2 aliphatic rings. The van der Waals surface area contributed by atoms with Gasteiger partial charge in [-0.05, 0) is 25.0 Å². The Morgan fingerprint density at radius 3 is 2.80 bits per heavy atom. The second-order valence-corrected chi connectivity index (χ2v) is 4.85. The van der Waals surface area contributed by atoms with E-state index in [0.29, 0.717) is 36.3 Å². The summed E-state index contributed by atoms with van der Waals surface area (Å²) in [6, 6.07) is 5.43. The monoisotopic (exact) mass is 276 g/mol. The SMILES string of the molecule is O=C(CNC(=O)c1cccc2c1OCCO2)NC1CC1. The molecule has 1 aromatic carbocycles. The lowest BCUT2D eigenvalue weighted by Gasteiger charge is -2.20. The van der Waals surface area contributed by atoms with Crippen molar-refractivity contribution in [3.8, 4) is 11.5 Å². The van der Waals surface area contributed by atoms with Crippen LogP contribution in [0.2, 0.25) is 0 Å². The molecule has 6 heteroatoms. The Labute approximate surface area is 116 Å². The van der Waals surface area contributed by atoms with E-state index in [-0.39, 0.29) is 18.4 Å². The van der Waals surface area contributed by atoms with Crippen molar-refractivity contribution in [2.45, 2.75) is 18.9 Å². The summed E-state index contributed by atoms with van der Waals surface area (Å²) in [5, 5.41) is 5.41. The molecular weight excluding hydrogens is 260 g/mol. The highest BCUT2D eigenvalue weighted by molar-refractivity contribution is 5.99. The van der Waals surface area contributed by atoms with Crippen LogP contribution < -0.4 is 20.1 Å². The van der Waals surface area contributed by atoms with Crippen LogP contribution >= 0.6 is 0 Å². The molecule has 6 nitrogen and oxygen atoms in total. The Bertz CT molecular complexity index is 540. The topological polar surface area (TPSA) is 76.7 Å². The minimum absolute atomic E-state index is 0.0279. The summed E-state index contributed by atoms with van der Waals surface area (Å²) in [6.07, 6.45) is 2.05. The quantitative estimate of drug-likeness (QED) is 0.838. The van der Waals surface area contributed by atoms with Gasteiger partial charge in [0.2, 0.25) is 5.91 Å². The molecule has 106 valence electrons. The van der Waals surface area contributed by atoms with Gasteiger partial charge in [-0.2, -0.15) is 0 Å². The van der Waals surface area contributed by atoms with Gasteiger partial charge in [0.25, 0.3) is 5.91 Å². The van der Waals surface area contributed by atoms with Gasteiger partial charge in [-0.15, -0.1) is 0 Å². The number of rotatable bonds is 4. The molecule has 0 saturated heterocycles. The second kappa shape index (κ2) is 5.40. The van der Waals surface area contributed by atoms with Gasteiger partial charge in [0.15, 0.2) is 11.5 Å². The van der Waals surface area contributed by atoms with Crippen LogP contribution in [0.1, 0.15) is 23.2 Å². The summed E-state index contributed by atoms with van der Waals surface area (Å²) in [7, 11) is 0. The molecule has 20 heavy (non-hydrogen) atoms. The van der Waals surface area contributed by atoms with Crippen molar-refractivity contribution in [2.24, 2.45) is 0 Å². The summed E-state index contributed by atoms with van der Waals surface area (Å²) in [5.74, 6) is 0.506. The molecule has 0 unspecified atom stereocenters. The average molecular weight is 276 g/mol. The van der Waals surface area contributed by atoms with Crippen molar-refractivity contribution in [3.05, 3.63) is 23.8 Å². The Hall–Kier alpha value is -2.24. The average Bonchev–Trinajstić information content (AvgIpc) is 3.28. The second-order valence-electron chi connectivity index (χ2n) is 4.85. The Morgan fingerprint density at radius 1 is 1.20 bits per heavy atom. The number of hydrogen-bond donors (Lipinski definition) is 2. The molecule has 0 aromatic heterocycles. The maximum absolute atomic E-state index is 12.1. The van der Waals surface area contributed by atoms with Crippen LogP contribution in [0.25, 0.3) is 0 Å². The smallest absolute Gasteiger partial charge is 0.255 e. The molecule has 2 amide bonds. The van der Waals surface area contributed by atoms with Gasteiger partial charge in [0.1, 0.15) is 13.2 Å². The maximum Gasteiger partial charge on any atom is 0.255 e. The molecule has 0 atom stereocenters. The highest BCUT2D eigenvalue weighted by Crippen LogP contribution is 2.33. The molecule has 0 spiro atoms. The molecule has 0 bridgehead atoms. The van der Waals surface area contributed by atoms with E-state index >= 15 is 0 Å². The molecule has 1 fully saturated rings. The summed E-state index contributed by atoms with van der Waals surface area (Å²) in [5.41, 5.74) is 0.390. The van der Waals surface area contributed by atoms with E-state index in [4.69, 9.17) is 9.47 Å². The standard InChI is InChI=1S/C14H16N2O4/c17-12(16-9-4-5-9)8-15-14(18)10-2-1-3-11-13(10)20-7-6-19-11/h1-3,9H,4-8H2,(H,15,18)(H,16,17). The summed E-state index contributed by atoms with van der Waals surface area (Å²) in [6.45, 7) is 0.862. The molecule has 2 N–H and O–H groups in total. The first-order valence-electron chi connectivity index (χ1n) is 6.70. The summed E-state index contributed by atoms with van der Waals surface area (Å²) < 4.78 is 10.9. The molecule has 1 heterocycles. The number of nitrogens with one attached hydrogen (secondary N) is 2. The van der Waals surface area contributed by atoms with Crippen molar-refractivity contribution in [1.82, 2.24) is 10.6 Å². The summed E-state index contributed by atoms with van der Waals surface area (Å²) in [4.78, 5) is 23.6. The minimum atomic E-state index is -0.335. The van der Waals surface area contributed by atoms with Crippen molar-refractivity contribution < 1.29 is 19.1 Å². The molecule has 1 saturated carbocycles. The van der Waals surface area contributed by atoms with E-state index in [1.54, 1.807) is 18.2 Å². The Morgan fingerprint density at radius 2 is 2.00 bits per heavy atom. The Kier molecular flexibility index (Phi) is 3.45. The lowest BCUT2D eigenvalue weighted by Crippen LogP contribution is -2.38. The number of hydrogen-bond acceptors (Lipinski definition) is 4. The normalized spacial score (nSPS) is 16.4. The van der Waals surface area contributed by atoms with Gasteiger partial charge >= 0.3 is 0 Å². The number of para-hydroxylation sites is 1. The first kappa shape index (κ1) is 12.8. The van der Waals surface area contributed by atoms with Gasteiger partial charge in [-0.3, -0.25) is 9.59 Å². The fraction of sp³-hybridized carbons (Fsp3) is 0.429. The van der Waals surface area contributed by atoms with Crippen LogP contribution in [0.4, 0.5) is 0 Å². The zero-order chi connectivity index (χ0) is 13.9. The highest BCUT2D eigenvalue weighted by atomic mass is 16.6. The number of benzene rings is 1. The molecule has 3 rings (SSSR count). The summed E-state index contributed by atoms with van der Waals surface area (Å²) >= 11 is 0. The fourth-order valence-electron chi connectivity index (χ4n) is 2.01. The van der Waals surface area contributed by atoms with E-state index in [1.807, 2.05) is 0 Å². The van der Waals surface area contributed by atoms with Crippen LogP contribution in [-0.4, -0.2) is 37.6 Å². The Balaban J connectivity index is 1.63. The van der Waals surface area contributed by atoms with Crippen molar-refractivity contribution in [3.63, 3.8) is 0 Å². The van der Waals surface area contributed by atoms with Crippen LogP contribution in [-0.2, 0) is 4.79 Å². The number of amides is 2. The van der Waals surface area contributed by atoms with Crippen molar-refractivity contribution in [1.29, 1.82) is 0 Å². The third-order valence-corrected chi connectivity index (χ3v) is 3.16. The third-order valence-electron chi connectivity index (χ3n) is 3.16. The molecule has 0 radical (unpaired) electrons. The predicted molar refractivity (Wildman–Crippen MR) is 70.9 cm³/mol. The number of carbonyl (C=O) groups excluding carboxylic acids is 2. The van der Waals surface area contributed by atoms with E-state index in [0.717, 1.165) is 12.8 Å². The fourth-order valence-corrected chi connectivity index (χ4v) is 2.01. The van der Waals surface area contributed by atoms with E-state index in [2.05, 4.69) is 10.6 Å². The molecule has 1 aliphatic carbocycles. The first-order chi connectivity index (χ1) is 9.74. The van der Waals surface area contributed by atoms with Gasteiger partial charge in [-0.25, -0.2) is 0 Å². The third kappa shape index (κ3) is 2.84. The largest absolute Gasteiger partial charge is 0.486 e. The first-order valence-corrected chi connectivity index (χ1v) is 6.70. The van der Waals surface area contributed by atoms with E-state index in [1.165, 1.54) is 0 Å². The van der Waals surface area contributed by atoms with Crippen molar-refractivity contribution >= 4 is 11.8 Å². The highest BCUT2D eigenvalue weighted by Gasteiger charge is 2.24.